The summed E-state index contributed by atoms with van der Waals surface area (Å²) in [5, 5.41) is 6.06. The number of amides is 1. The number of pyridine rings is 1. The molecular formula is C16H21N3OS. The first kappa shape index (κ1) is 15.6. The van der Waals surface area contributed by atoms with Gasteiger partial charge in [0, 0.05) is 35.7 Å². The normalized spacial score (nSPS) is 11.4. The second-order valence-electron chi connectivity index (χ2n) is 6.07. The Balaban J connectivity index is 1.85. The molecule has 0 saturated heterocycles. The Morgan fingerprint density at radius 3 is 2.67 bits per heavy atom. The summed E-state index contributed by atoms with van der Waals surface area (Å²) in [7, 11) is 0. The molecule has 0 unspecified atom stereocenters. The molecule has 1 N–H and O–H groups in total. The summed E-state index contributed by atoms with van der Waals surface area (Å²) in [6.07, 6.45) is 2.36. The van der Waals surface area contributed by atoms with Crippen molar-refractivity contribution in [3.8, 4) is 0 Å². The lowest BCUT2D eigenvalue weighted by atomic mass is 9.93. The van der Waals surface area contributed by atoms with Gasteiger partial charge in [0.1, 0.15) is 0 Å². The lowest BCUT2D eigenvalue weighted by Gasteiger charge is -2.14. The van der Waals surface area contributed by atoms with Crippen molar-refractivity contribution in [3.63, 3.8) is 0 Å². The summed E-state index contributed by atoms with van der Waals surface area (Å²) < 4.78 is 0. The van der Waals surface area contributed by atoms with Gasteiger partial charge in [-0.3, -0.25) is 9.78 Å². The van der Waals surface area contributed by atoms with E-state index in [1.54, 1.807) is 23.6 Å². The number of nitrogens with one attached hydrogen (secondary N) is 1. The Hall–Kier alpha value is -1.75. The summed E-state index contributed by atoms with van der Waals surface area (Å²) in [4.78, 5) is 20.7. The van der Waals surface area contributed by atoms with Crippen molar-refractivity contribution in [3.05, 3.63) is 45.7 Å². The van der Waals surface area contributed by atoms with E-state index < -0.39 is 0 Å². The molecule has 0 saturated carbocycles. The first-order valence-corrected chi connectivity index (χ1v) is 7.90. The zero-order chi connectivity index (χ0) is 15.5. The van der Waals surface area contributed by atoms with Crippen LogP contribution in [0.4, 0.5) is 0 Å². The number of rotatable bonds is 4. The average molecular weight is 303 g/mol. The number of carbonyl (C=O) groups excluding carboxylic acids is 1. The minimum absolute atomic E-state index is 0.0750. The van der Waals surface area contributed by atoms with Crippen molar-refractivity contribution in [1.29, 1.82) is 0 Å². The molecule has 112 valence electrons. The molecule has 0 radical (unpaired) electrons. The second-order valence-corrected chi connectivity index (χ2v) is 7.01. The van der Waals surface area contributed by atoms with Gasteiger partial charge >= 0.3 is 0 Å². The van der Waals surface area contributed by atoms with Gasteiger partial charge in [-0.1, -0.05) is 20.8 Å². The molecule has 2 rings (SSSR count). The maximum atomic E-state index is 11.9. The molecule has 0 atom stereocenters. The van der Waals surface area contributed by atoms with Gasteiger partial charge in [-0.05, 0) is 19.1 Å². The van der Waals surface area contributed by atoms with E-state index in [4.69, 9.17) is 0 Å². The van der Waals surface area contributed by atoms with E-state index in [1.165, 1.54) is 0 Å². The minimum Gasteiger partial charge on any atom is -0.352 e. The van der Waals surface area contributed by atoms with Gasteiger partial charge in [-0.25, -0.2) is 4.98 Å². The molecule has 2 aromatic heterocycles. The zero-order valence-electron chi connectivity index (χ0n) is 12.9. The predicted octanol–water partition coefficient (Wildman–Crippen LogP) is 3.12. The van der Waals surface area contributed by atoms with Gasteiger partial charge in [0.2, 0.25) is 0 Å². The second kappa shape index (κ2) is 6.35. The summed E-state index contributed by atoms with van der Waals surface area (Å²) in [6, 6.07) is 3.63. The Morgan fingerprint density at radius 2 is 2.10 bits per heavy atom. The fourth-order valence-electron chi connectivity index (χ4n) is 1.76. The van der Waals surface area contributed by atoms with E-state index in [9.17, 15) is 4.79 Å². The number of hydrogen-bond acceptors (Lipinski definition) is 4. The molecule has 1 amide bonds. The van der Waals surface area contributed by atoms with Crippen molar-refractivity contribution in [2.24, 2.45) is 0 Å². The quantitative estimate of drug-likeness (QED) is 0.944. The molecule has 4 nitrogen and oxygen atoms in total. The number of carbonyl (C=O) groups is 1. The Kier molecular flexibility index (Phi) is 4.73. The maximum Gasteiger partial charge on any atom is 0.252 e. The summed E-state index contributed by atoms with van der Waals surface area (Å²) in [5.74, 6) is -0.0879. The van der Waals surface area contributed by atoms with Crippen LogP contribution in [0.2, 0.25) is 0 Å². The van der Waals surface area contributed by atoms with Crippen LogP contribution in [-0.4, -0.2) is 22.4 Å². The molecule has 0 aliphatic rings. The molecule has 0 aliphatic carbocycles. The largest absolute Gasteiger partial charge is 0.352 e. The van der Waals surface area contributed by atoms with Crippen LogP contribution in [0.15, 0.2) is 23.7 Å². The highest BCUT2D eigenvalue weighted by Crippen LogP contribution is 2.23. The van der Waals surface area contributed by atoms with E-state index in [0.29, 0.717) is 12.1 Å². The Bertz CT molecular complexity index is 611. The fraction of sp³-hybridized carbons (Fsp3) is 0.438. The van der Waals surface area contributed by atoms with E-state index in [0.717, 1.165) is 22.8 Å². The van der Waals surface area contributed by atoms with Crippen LogP contribution in [0, 0.1) is 6.92 Å². The monoisotopic (exact) mass is 303 g/mol. The molecule has 0 spiro atoms. The predicted molar refractivity (Wildman–Crippen MR) is 85.8 cm³/mol. The number of nitrogens with zero attached hydrogens (tertiary/aromatic N) is 2. The maximum absolute atomic E-state index is 11.9. The van der Waals surface area contributed by atoms with Crippen LogP contribution in [0.25, 0.3) is 0 Å². The first-order valence-electron chi connectivity index (χ1n) is 7.02. The van der Waals surface area contributed by atoms with E-state index in [-0.39, 0.29) is 11.3 Å². The summed E-state index contributed by atoms with van der Waals surface area (Å²) in [6.45, 7) is 8.94. The molecule has 0 fully saturated rings. The number of aryl methyl sites for hydroxylation is 1. The summed E-state index contributed by atoms with van der Waals surface area (Å²) >= 11 is 1.65. The van der Waals surface area contributed by atoms with Crippen molar-refractivity contribution in [1.82, 2.24) is 15.3 Å². The Morgan fingerprint density at radius 1 is 1.33 bits per heavy atom. The third-order valence-corrected chi connectivity index (χ3v) is 4.03. The molecule has 0 aliphatic heterocycles. The van der Waals surface area contributed by atoms with Crippen LogP contribution in [0.5, 0.6) is 0 Å². The van der Waals surface area contributed by atoms with E-state index in [1.807, 2.05) is 13.0 Å². The van der Waals surface area contributed by atoms with Gasteiger partial charge in [-0.15, -0.1) is 11.3 Å². The van der Waals surface area contributed by atoms with Crippen LogP contribution in [-0.2, 0) is 11.8 Å². The van der Waals surface area contributed by atoms with Crippen molar-refractivity contribution >= 4 is 17.2 Å². The zero-order valence-corrected chi connectivity index (χ0v) is 13.8. The highest BCUT2D eigenvalue weighted by molar-refractivity contribution is 7.09. The van der Waals surface area contributed by atoms with Crippen LogP contribution in [0.3, 0.4) is 0 Å². The third-order valence-electron chi connectivity index (χ3n) is 3.12. The van der Waals surface area contributed by atoms with Crippen LogP contribution < -0.4 is 5.32 Å². The number of thiazole rings is 1. The molecular weight excluding hydrogens is 282 g/mol. The van der Waals surface area contributed by atoms with E-state index in [2.05, 4.69) is 41.4 Å². The number of aromatic nitrogens is 2. The SMILES string of the molecule is Cc1ccc(C(=O)NCCc2nc(C(C)(C)C)cs2)cn1. The van der Waals surface area contributed by atoms with Crippen LogP contribution in [0.1, 0.15) is 47.5 Å². The lowest BCUT2D eigenvalue weighted by molar-refractivity contribution is 0.0954. The molecule has 5 heteroatoms. The fourth-order valence-corrected chi connectivity index (χ4v) is 2.78. The summed E-state index contributed by atoms with van der Waals surface area (Å²) in [5.41, 5.74) is 2.68. The van der Waals surface area contributed by atoms with Gasteiger partial charge in [0.05, 0.1) is 16.3 Å². The minimum atomic E-state index is -0.0879. The van der Waals surface area contributed by atoms with Gasteiger partial charge < -0.3 is 5.32 Å². The molecule has 0 aromatic carbocycles. The molecule has 2 heterocycles. The molecule has 0 bridgehead atoms. The smallest absolute Gasteiger partial charge is 0.252 e. The number of hydrogen-bond donors (Lipinski definition) is 1. The van der Waals surface area contributed by atoms with Gasteiger partial charge in [0.25, 0.3) is 5.91 Å². The third kappa shape index (κ3) is 4.36. The highest BCUT2D eigenvalue weighted by atomic mass is 32.1. The molecule has 2 aromatic rings. The topological polar surface area (TPSA) is 54.9 Å². The van der Waals surface area contributed by atoms with Crippen molar-refractivity contribution < 1.29 is 4.79 Å². The van der Waals surface area contributed by atoms with Gasteiger partial charge in [0.15, 0.2) is 0 Å². The lowest BCUT2D eigenvalue weighted by Crippen LogP contribution is -2.25. The van der Waals surface area contributed by atoms with Gasteiger partial charge in [-0.2, -0.15) is 0 Å². The average Bonchev–Trinajstić information content (AvgIpc) is 2.88. The first-order chi connectivity index (χ1) is 9.86. The Labute approximate surface area is 129 Å². The van der Waals surface area contributed by atoms with Crippen molar-refractivity contribution in [2.45, 2.75) is 39.5 Å². The van der Waals surface area contributed by atoms with Crippen molar-refractivity contribution in [2.75, 3.05) is 6.54 Å². The van der Waals surface area contributed by atoms with E-state index >= 15 is 0 Å². The standard InChI is InChI=1S/C16H21N3OS/c1-11-5-6-12(9-18-11)15(20)17-8-7-14-19-13(10-21-14)16(2,3)4/h5-6,9-10H,7-8H2,1-4H3,(H,17,20). The van der Waals surface area contributed by atoms with Crippen LogP contribution >= 0.6 is 11.3 Å². The molecule has 21 heavy (non-hydrogen) atoms. The highest BCUT2D eigenvalue weighted by Gasteiger charge is 2.17.